The average Bonchev–Trinajstić information content (AvgIpc) is 3.28. The summed E-state index contributed by atoms with van der Waals surface area (Å²) in [6, 6.07) is 2.99. The Kier molecular flexibility index (Phi) is 6.67. The molecule has 4 aliphatic heterocycles. The van der Waals surface area contributed by atoms with E-state index in [9.17, 15) is 13.2 Å². The molecule has 5 aliphatic rings. The molecule has 4 bridgehead atoms. The fourth-order valence-electron chi connectivity index (χ4n) is 7.10. The standard InChI is InChI=1S/C29H31ClF4N6O2/c1-14-8-20(35)37-25(22(14)29(32,33)34)21-19(30)9-18-24(23(21)31)38-27(42-13-28-6-4-17(5-7-28)41-12-28)39-26(18)40-10-15-2-3-16(11-40)36-15/h8-9,15-17,36H,2-7,10-13H2,1H3,(H2,35,37). The SMILES string of the molecule is Cc1cc(N)nc(-c2c(Cl)cc3c(N4CC5CCC(C4)N5)nc(OCC45CCC(CC4)OC5)nc3c2F)c1C(F)(F)F. The van der Waals surface area contributed by atoms with E-state index in [1.807, 2.05) is 0 Å². The van der Waals surface area contributed by atoms with Gasteiger partial charge in [0.1, 0.15) is 17.2 Å². The predicted molar refractivity (Wildman–Crippen MR) is 150 cm³/mol. The van der Waals surface area contributed by atoms with E-state index in [0.29, 0.717) is 43.6 Å². The lowest BCUT2D eigenvalue weighted by molar-refractivity contribution is -0.137. The molecule has 2 unspecified atom stereocenters. The molecule has 0 spiro atoms. The highest BCUT2D eigenvalue weighted by Crippen LogP contribution is 2.46. The van der Waals surface area contributed by atoms with E-state index in [0.717, 1.165) is 44.6 Å². The molecule has 5 fully saturated rings. The van der Waals surface area contributed by atoms with Crippen molar-refractivity contribution in [2.45, 2.75) is 69.8 Å². The summed E-state index contributed by atoms with van der Waals surface area (Å²) in [7, 11) is 0. The number of nitrogens with zero attached hydrogens (tertiary/aromatic N) is 4. The first-order valence-electron chi connectivity index (χ1n) is 14.3. The molecular weight excluding hydrogens is 576 g/mol. The van der Waals surface area contributed by atoms with Crippen LogP contribution in [-0.2, 0) is 10.9 Å². The Morgan fingerprint density at radius 2 is 1.83 bits per heavy atom. The minimum atomic E-state index is -4.82. The van der Waals surface area contributed by atoms with Gasteiger partial charge in [-0.2, -0.15) is 23.1 Å². The number of benzene rings is 1. The molecule has 13 heteroatoms. The van der Waals surface area contributed by atoms with E-state index in [1.165, 1.54) is 13.0 Å². The molecule has 1 aliphatic carbocycles. The highest BCUT2D eigenvalue weighted by Gasteiger charge is 2.43. The fourth-order valence-corrected chi connectivity index (χ4v) is 7.38. The topological polar surface area (TPSA) is 98.4 Å². The summed E-state index contributed by atoms with van der Waals surface area (Å²) in [6.07, 6.45) is 1.32. The first-order chi connectivity index (χ1) is 20.0. The van der Waals surface area contributed by atoms with Gasteiger partial charge in [-0.15, -0.1) is 0 Å². The summed E-state index contributed by atoms with van der Waals surface area (Å²) < 4.78 is 71.2. The first-order valence-corrected chi connectivity index (χ1v) is 14.7. The third-order valence-corrected chi connectivity index (χ3v) is 9.54. The maximum absolute atomic E-state index is 16.6. The third kappa shape index (κ3) is 4.81. The second kappa shape index (κ2) is 10.1. The van der Waals surface area contributed by atoms with Gasteiger partial charge < -0.3 is 25.4 Å². The maximum atomic E-state index is 16.6. The summed E-state index contributed by atoms with van der Waals surface area (Å²) in [5.74, 6) is -0.778. The van der Waals surface area contributed by atoms with Crippen molar-refractivity contribution in [2.75, 3.05) is 36.9 Å². The number of pyridine rings is 1. The lowest BCUT2D eigenvalue weighted by atomic mass is 9.72. The largest absolute Gasteiger partial charge is 0.463 e. The number of aromatic nitrogens is 3. The van der Waals surface area contributed by atoms with Crippen LogP contribution in [0.3, 0.4) is 0 Å². The molecule has 1 aromatic carbocycles. The Bertz CT molecular complexity index is 1540. The van der Waals surface area contributed by atoms with E-state index >= 15 is 4.39 Å². The summed E-state index contributed by atoms with van der Waals surface area (Å²) in [5.41, 5.74) is 2.99. The number of hydrogen-bond acceptors (Lipinski definition) is 8. The summed E-state index contributed by atoms with van der Waals surface area (Å²) in [5, 5.41) is 3.62. The number of nitrogen functional groups attached to an aromatic ring is 1. The van der Waals surface area contributed by atoms with Gasteiger partial charge in [0.15, 0.2) is 5.82 Å². The molecule has 2 aromatic heterocycles. The molecule has 0 amide bonds. The van der Waals surface area contributed by atoms with Crippen molar-refractivity contribution in [3.8, 4) is 17.3 Å². The number of nitrogens with one attached hydrogen (secondary N) is 1. The Labute approximate surface area is 244 Å². The van der Waals surface area contributed by atoms with Gasteiger partial charge >= 0.3 is 12.2 Å². The smallest absolute Gasteiger partial charge is 0.418 e. The van der Waals surface area contributed by atoms with Crippen LogP contribution in [0.5, 0.6) is 6.01 Å². The Morgan fingerprint density at radius 3 is 2.48 bits per heavy atom. The van der Waals surface area contributed by atoms with E-state index in [-0.39, 0.29) is 45.4 Å². The molecule has 6 heterocycles. The van der Waals surface area contributed by atoms with Gasteiger partial charge in [-0.05, 0) is 63.1 Å². The first kappa shape index (κ1) is 27.8. The number of fused-ring (bicyclic) bond motifs is 6. The van der Waals surface area contributed by atoms with E-state index < -0.39 is 28.8 Å². The molecule has 8 rings (SSSR count). The zero-order chi connectivity index (χ0) is 29.4. The third-order valence-electron chi connectivity index (χ3n) is 9.24. The Balaban J connectivity index is 1.37. The summed E-state index contributed by atoms with van der Waals surface area (Å²) in [4.78, 5) is 15.1. The van der Waals surface area contributed by atoms with Gasteiger partial charge in [0.2, 0.25) is 0 Å². The van der Waals surface area contributed by atoms with Crippen molar-refractivity contribution in [1.29, 1.82) is 0 Å². The number of halogens is 5. The number of piperazine rings is 1. The van der Waals surface area contributed by atoms with Gasteiger partial charge in [-0.1, -0.05) is 11.6 Å². The molecule has 8 nitrogen and oxygen atoms in total. The van der Waals surface area contributed by atoms with E-state index in [4.69, 9.17) is 31.8 Å². The van der Waals surface area contributed by atoms with Crippen LogP contribution >= 0.6 is 11.6 Å². The summed E-state index contributed by atoms with van der Waals surface area (Å²) in [6.45, 7) is 3.40. The summed E-state index contributed by atoms with van der Waals surface area (Å²) >= 11 is 6.57. The number of nitrogens with two attached hydrogens (primary N) is 1. The molecule has 3 N–H and O–H groups in total. The predicted octanol–water partition coefficient (Wildman–Crippen LogP) is 5.67. The molecule has 2 atom stereocenters. The van der Waals surface area contributed by atoms with Gasteiger partial charge in [0, 0.05) is 36.0 Å². The van der Waals surface area contributed by atoms with Gasteiger partial charge in [0.25, 0.3) is 0 Å². The van der Waals surface area contributed by atoms with Crippen molar-refractivity contribution in [2.24, 2.45) is 5.41 Å². The molecule has 0 radical (unpaired) electrons. The van der Waals surface area contributed by atoms with Crippen molar-refractivity contribution in [3.63, 3.8) is 0 Å². The number of anilines is 2. The van der Waals surface area contributed by atoms with Crippen molar-refractivity contribution in [1.82, 2.24) is 20.3 Å². The molecule has 1 saturated carbocycles. The van der Waals surface area contributed by atoms with Crippen LogP contribution in [0.1, 0.15) is 49.7 Å². The van der Waals surface area contributed by atoms with E-state index in [1.54, 1.807) is 0 Å². The monoisotopic (exact) mass is 606 g/mol. The molecular formula is C29H31ClF4N6O2. The molecule has 4 saturated heterocycles. The molecule has 42 heavy (non-hydrogen) atoms. The van der Waals surface area contributed by atoms with Crippen LogP contribution in [0, 0.1) is 18.2 Å². The second-order valence-electron chi connectivity index (χ2n) is 12.2. The fraction of sp³-hybridized carbons (Fsp3) is 0.552. The number of alkyl halides is 3. The number of ether oxygens (including phenoxy) is 2. The average molecular weight is 607 g/mol. The Morgan fingerprint density at radius 1 is 1.12 bits per heavy atom. The number of rotatable bonds is 5. The van der Waals surface area contributed by atoms with Gasteiger partial charge in [-0.3, -0.25) is 0 Å². The highest BCUT2D eigenvalue weighted by molar-refractivity contribution is 6.34. The van der Waals surface area contributed by atoms with Crippen molar-refractivity contribution < 1.29 is 27.0 Å². The lowest BCUT2D eigenvalue weighted by Crippen LogP contribution is -2.51. The quantitative estimate of drug-likeness (QED) is 0.359. The van der Waals surface area contributed by atoms with Crippen molar-refractivity contribution in [3.05, 3.63) is 34.1 Å². The lowest BCUT2D eigenvalue weighted by Gasteiger charge is -2.45. The Hall–Kier alpha value is -2.96. The van der Waals surface area contributed by atoms with Crippen LogP contribution in [-0.4, -0.2) is 59.4 Å². The minimum Gasteiger partial charge on any atom is -0.463 e. The number of hydrogen-bond donors (Lipinski definition) is 2. The van der Waals surface area contributed by atoms with Gasteiger partial charge in [0.05, 0.1) is 41.2 Å². The zero-order valence-electron chi connectivity index (χ0n) is 23.0. The molecule has 224 valence electrons. The maximum Gasteiger partial charge on any atom is 0.418 e. The zero-order valence-corrected chi connectivity index (χ0v) is 23.8. The van der Waals surface area contributed by atoms with Gasteiger partial charge in [-0.25, -0.2) is 9.37 Å². The second-order valence-corrected chi connectivity index (χ2v) is 12.6. The minimum absolute atomic E-state index is 0.0367. The van der Waals surface area contributed by atoms with Crippen LogP contribution < -0.4 is 20.7 Å². The number of aryl methyl sites for hydroxylation is 1. The molecule has 3 aromatic rings. The van der Waals surface area contributed by atoms with Crippen molar-refractivity contribution >= 4 is 34.1 Å². The van der Waals surface area contributed by atoms with Crippen LogP contribution in [0.4, 0.5) is 29.2 Å². The van der Waals surface area contributed by atoms with E-state index in [2.05, 4.69) is 20.2 Å². The van der Waals surface area contributed by atoms with Crippen LogP contribution in [0.15, 0.2) is 12.1 Å². The van der Waals surface area contributed by atoms with Crippen LogP contribution in [0.2, 0.25) is 5.02 Å². The normalized spacial score (nSPS) is 27.2. The highest BCUT2D eigenvalue weighted by atomic mass is 35.5. The van der Waals surface area contributed by atoms with Crippen LogP contribution in [0.25, 0.3) is 22.2 Å².